The Morgan fingerprint density at radius 3 is 2.24 bits per heavy atom. The first-order chi connectivity index (χ1) is 12.1. The standard InChI is InChI=1S/C19H21N3O2S/c1-12-13(2)25-18(21-12)11-20-17-10-5-7-14(22-17)19-15(23-3)8-6-9-16(19)24-4/h5-10H,11H2,1-4H3,(H,20,22). The molecule has 0 fully saturated rings. The van der Waals surface area contributed by atoms with Gasteiger partial charge in [0.2, 0.25) is 0 Å². The lowest BCUT2D eigenvalue weighted by Crippen LogP contribution is -2.02. The number of hydrogen-bond donors (Lipinski definition) is 1. The average molecular weight is 355 g/mol. The molecule has 0 saturated heterocycles. The minimum absolute atomic E-state index is 0.652. The summed E-state index contributed by atoms with van der Waals surface area (Å²) in [6.45, 7) is 4.77. The van der Waals surface area contributed by atoms with E-state index in [9.17, 15) is 0 Å². The van der Waals surface area contributed by atoms with Crippen LogP contribution in [-0.2, 0) is 6.54 Å². The van der Waals surface area contributed by atoms with E-state index in [1.54, 1.807) is 25.6 Å². The maximum absolute atomic E-state index is 5.48. The van der Waals surface area contributed by atoms with Crippen LogP contribution in [0.3, 0.4) is 0 Å². The largest absolute Gasteiger partial charge is 0.496 e. The second kappa shape index (κ2) is 7.53. The topological polar surface area (TPSA) is 56.3 Å². The first-order valence-electron chi connectivity index (χ1n) is 7.97. The number of pyridine rings is 1. The van der Waals surface area contributed by atoms with E-state index in [1.165, 1.54) is 4.88 Å². The van der Waals surface area contributed by atoms with Crippen molar-refractivity contribution in [2.75, 3.05) is 19.5 Å². The van der Waals surface area contributed by atoms with Gasteiger partial charge in [0.25, 0.3) is 0 Å². The molecule has 5 nitrogen and oxygen atoms in total. The number of aryl methyl sites for hydroxylation is 2. The second-order valence-corrected chi connectivity index (χ2v) is 6.84. The Kier molecular flexibility index (Phi) is 5.19. The fourth-order valence-corrected chi connectivity index (χ4v) is 3.43. The quantitative estimate of drug-likeness (QED) is 0.708. The van der Waals surface area contributed by atoms with Crippen LogP contribution in [0.4, 0.5) is 5.82 Å². The Balaban J connectivity index is 1.87. The molecule has 1 aromatic carbocycles. The molecule has 0 atom stereocenters. The number of nitrogens with one attached hydrogen (secondary N) is 1. The summed E-state index contributed by atoms with van der Waals surface area (Å²) >= 11 is 1.70. The van der Waals surface area contributed by atoms with Gasteiger partial charge in [-0.25, -0.2) is 9.97 Å². The Bertz CT molecular complexity index is 835. The van der Waals surface area contributed by atoms with Gasteiger partial charge in [-0.05, 0) is 38.1 Å². The van der Waals surface area contributed by atoms with Crippen LogP contribution in [0.2, 0.25) is 0 Å². The van der Waals surface area contributed by atoms with Gasteiger partial charge in [-0.3, -0.25) is 0 Å². The molecule has 6 heteroatoms. The highest BCUT2D eigenvalue weighted by molar-refractivity contribution is 7.11. The van der Waals surface area contributed by atoms with Crippen molar-refractivity contribution in [3.63, 3.8) is 0 Å². The third-order valence-electron chi connectivity index (χ3n) is 3.93. The number of ether oxygens (including phenoxy) is 2. The van der Waals surface area contributed by atoms with E-state index in [0.717, 1.165) is 39.3 Å². The van der Waals surface area contributed by atoms with Crippen LogP contribution in [0.25, 0.3) is 11.3 Å². The molecule has 0 bridgehead atoms. The Morgan fingerprint density at radius 2 is 1.64 bits per heavy atom. The van der Waals surface area contributed by atoms with Crippen LogP contribution in [-0.4, -0.2) is 24.2 Å². The first kappa shape index (κ1) is 17.2. The molecule has 0 unspecified atom stereocenters. The van der Waals surface area contributed by atoms with Crippen molar-refractivity contribution in [3.8, 4) is 22.8 Å². The molecule has 2 aromatic heterocycles. The van der Waals surface area contributed by atoms with Gasteiger partial charge in [0.1, 0.15) is 22.3 Å². The van der Waals surface area contributed by atoms with Crippen molar-refractivity contribution in [3.05, 3.63) is 52.0 Å². The van der Waals surface area contributed by atoms with Crippen LogP contribution in [0, 0.1) is 13.8 Å². The molecule has 0 aliphatic heterocycles. The molecule has 0 spiro atoms. The number of nitrogens with zero attached hydrogens (tertiary/aromatic N) is 2. The highest BCUT2D eigenvalue weighted by Crippen LogP contribution is 2.37. The lowest BCUT2D eigenvalue weighted by molar-refractivity contribution is 0.397. The van der Waals surface area contributed by atoms with E-state index in [2.05, 4.69) is 17.2 Å². The number of thiazole rings is 1. The highest BCUT2D eigenvalue weighted by atomic mass is 32.1. The van der Waals surface area contributed by atoms with Crippen molar-refractivity contribution in [2.24, 2.45) is 0 Å². The number of rotatable bonds is 6. The predicted molar refractivity (Wildman–Crippen MR) is 102 cm³/mol. The number of aromatic nitrogens is 2. The van der Waals surface area contributed by atoms with E-state index in [4.69, 9.17) is 14.5 Å². The summed E-state index contributed by atoms with van der Waals surface area (Å²) in [5.74, 6) is 2.25. The van der Waals surface area contributed by atoms with Gasteiger partial charge < -0.3 is 14.8 Å². The van der Waals surface area contributed by atoms with Crippen LogP contribution in [0.5, 0.6) is 11.5 Å². The summed E-state index contributed by atoms with van der Waals surface area (Å²) in [6.07, 6.45) is 0. The highest BCUT2D eigenvalue weighted by Gasteiger charge is 2.14. The second-order valence-electron chi connectivity index (χ2n) is 5.55. The number of methoxy groups -OCH3 is 2. The fourth-order valence-electron chi connectivity index (χ4n) is 2.56. The van der Waals surface area contributed by atoms with Crippen molar-refractivity contribution in [1.29, 1.82) is 0 Å². The normalized spacial score (nSPS) is 10.6. The molecule has 0 radical (unpaired) electrons. The maximum Gasteiger partial charge on any atom is 0.132 e. The first-order valence-corrected chi connectivity index (χ1v) is 8.79. The summed E-state index contributed by atoms with van der Waals surface area (Å²) in [4.78, 5) is 10.5. The number of benzene rings is 1. The average Bonchev–Trinajstić information content (AvgIpc) is 2.97. The molecule has 0 amide bonds. The Hall–Kier alpha value is -2.60. The molecule has 130 valence electrons. The van der Waals surface area contributed by atoms with Crippen molar-refractivity contribution in [1.82, 2.24) is 9.97 Å². The van der Waals surface area contributed by atoms with Crippen LogP contribution in [0.15, 0.2) is 36.4 Å². The Labute approximate surface area is 151 Å². The van der Waals surface area contributed by atoms with Gasteiger partial charge in [-0.2, -0.15) is 0 Å². The molecular formula is C19H21N3O2S. The van der Waals surface area contributed by atoms with Gasteiger partial charge >= 0.3 is 0 Å². The molecule has 3 aromatic rings. The molecule has 0 saturated carbocycles. The SMILES string of the molecule is COc1cccc(OC)c1-c1cccc(NCc2nc(C)c(C)s2)n1. The monoisotopic (exact) mass is 355 g/mol. The van der Waals surface area contributed by atoms with Gasteiger partial charge in [0.15, 0.2) is 0 Å². The van der Waals surface area contributed by atoms with Gasteiger partial charge in [0, 0.05) is 4.88 Å². The van der Waals surface area contributed by atoms with Gasteiger partial charge in [0.05, 0.1) is 37.7 Å². The Morgan fingerprint density at radius 1 is 0.960 bits per heavy atom. The third kappa shape index (κ3) is 3.74. The number of hydrogen-bond acceptors (Lipinski definition) is 6. The third-order valence-corrected chi connectivity index (χ3v) is 5.00. The predicted octanol–water partition coefficient (Wildman–Crippen LogP) is 4.45. The maximum atomic E-state index is 5.48. The zero-order chi connectivity index (χ0) is 17.8. The smallest absolute Gasteiger partial charge is 0.132 e. The number of anilines is 1. The summed E-state index contributed by atoms with van der Waals surface area (Å²) < 4.78 is 11.0. The van der Waals surface area contributed by atoms with Gasteiger partial charge in [-0.15, -0.1) is 11.3 Å². The minimum Gasteiger partial charge on any atom is -0.496 e. The molecule has 25 heavy (non-hydrogen) atoms. The zero-order valence-electron chi connectivity index (χ0n) is 14.8. The lowest BCUT2D eigenvalue weighted by atomic mass is 10.1. The molecule has 0 aliphatic rings. The molecule has 0 aliphatic carbocycles. The van der Waals surface area contributed by atoms with Crippen LogP contribution < -0.4 is 14.8 Å². The van der Waals surface area contributed by atoms with E-state index in [0.29, 0.717) is 6.54 Å². The summed E-state index contributed by atoms with van der Waals surface area (Å²) in [7, 11) is 3.29. The van der Waals surface area contributed by atoms with Crippen molar-refractivity contribution >= 4 is 17.2 Å². The molecular weight excluding hydrogens is 334 g/mol. The van der Waals surface area contributed by atoms with Crippen molar-refractivity contribution in [2.45, 2.75) is 20.4 Å². The summed E-state index contributed by atoms with van der Waals surface area (Å²) in [5.41, 5.74) is 2.73. The molecule has 2 heterocycles. The van der Waals surface area contributed by atoms with Crippen molar-refractivity contribution < 1.29 is 9.47 Å². The van der Waals surface area contributed by atoms with Crippen LogP contribution >= 0.6 is 11.3 Å². The van der Waals surface area contributed by atoms with E-state index in [-0.39, 0.29) is 0 Å². The van der Waals surface area contributed by atoms with E-state index < -0.39 is 0 Å². The lowest BCUT2D eigenvalue weighted by Gasteiger charge is -2.13. The van der Waals surface area contributed by atoms with E-state index >= 15 is 0 Å². The molecule has 1 N–H and O–H groups in total. The summed E-state index contributed by atoms with van der Waals surface area (Å²) in [5, 5.41) is 4.39. The van der Waals surface area contributed by atoms with Crippen LogP contribution in [0.1, 0.15) is 15.6 Å². The van der Waals surface area contributed by atoms with Gasteiger partial charge in [-0.1, -0.05) is 12.1 Å². The fraction of sp³-hybridized carbons (Fsp3) is 0.263. The minimum atomic E-state index is 0.652. The summed E-state index contributed by atoms with van der Waals surface area (Å²) in [6, 6.07) is 11.6. The zero-order valence-corrected chi connectivity index (χ0v) is 15.6. The molecule has 3 rings (SSSR count). The van der Waals surface area contributed by atoms with E-state index in [1.807, 2.05) is 43.3 Å².